The third kappa shape index (κ3) is 7.86. The first kappa shape index (κ1) is 31.7. The lowest BCUT2D eigenvalue weighted by Gasteiger charge is -2.41. The Kier molecular flexibility index (Phi) is 9.59. The van der Waals surface area contributed by atoms with Crippen LogP contribution in [0, 0.1) is 0 Å². The molecule has 0 bridgehead atoms. The lowest BCUT2D eigenvalue weighted by atomic mass is 10.1. The smallest absolute Gasteiger partial charge is 0.328 e. The van der Waals surface area contributed by atoms with Crippen LogP contribution in [0.25, 0.3) is 0 Å². The van der Waals surface area contributed by atoms with Gasteiger partial charge in [0.2, 0.25) is 0 Å². The minimum Gasteiger partial charge on any atom is -0.328 e. The van der Waals surface area contributed by atoms with Crippen LogP contribution >= 0.6 is 45.9 Å². The second kappa shape index (κ2) is 9.38. The van der Waals surface area contributed by atoms with E-state index in [1.54, 1.807) is 0 Å². The largest absolute Gasteiger partial charge is 0.469 e. The molecule has 20 nitrogen and oxygen atoms in total. The van der Waals surface area contributed by atoms with E-state index >= 15 is 0 Å². The summed E-state index contributed by atoms with van der Waals surface area (Å²) in [6, 6.07) is 0. The minimum atomic E-state index is -6.51. The van der Waals surface area contributed by atoms with Gasteiger partial charge in [0.25, 0.3) is 0 Å². The van der Waals surface area contributed by atoms with Gasteiger partial charge in [0.15, 0.2) is 10.8 Å². The second-order valence-corrected chi connectivity index (χ2v) is 16.8. The molecule has 0 rings (SSSR count). The van der Waals surface area contributed by atoms with Crippen LogP contribution < -0.4 is 5.73 Å². The monoisotopic (exact) mass is 581 g/mol. The van der Waals surface area contributed by atoms with Gasteiger partial charge in [-0.2, -0.15) is 14.7 Å². The number of nitrogens with zero attached hydrogens (tertiary/aromatic N) is 1. The quantitative estimate of drug-likeness (QED) is 0.0872. The average Bonchev–Trinajstić information content (AvgIpc) is 2.35. The average molecular weight is 581 g/mol. The zero-order chi connectivity index (χ0) is 25.6. The van der Waals surface area contributed by atoms with Gasteiger partial charge < -0.3 is 54.7 Å². The van der Waals surface area contributed by atoms with E-state index in [-0.39, 0.29) is 0 Å². The molecule has 0 aliphatic carbocycles. The van der Waals surface area contributed by atoms with Crippen molar-refractivity contribution in [3.63, 3.8) is 0 Å². The predicted octanol–water partition coefficient (Wildman–Crippen LogP) is -3.68. The molecule has 0 amide bonds. The highest BCUT2D eigenvalue weighted by molar-refractivity contribution is 8.00. The van der Waals surface area contributed by atoms with Crippen molar-refractivity contribution in [3.8, 4) is 0 Å². The number of hydrogen-bond donors (Lipinski definition) is 14. The summed E-state index contributed by atoms with van der Waals surface area (Å²) in [4.78, 5) is 124. The molecule has 0 aromatic heterocycles. The van der Waals surface area contributed by atoms with Crippen molar-refractivity contribution in [1.82, 2.24) is 0 Å². The summed E-state index contributed by atoms with van der Waals surface area (Å²) in [5.41, 5.74) is 0.682. The fourth-order valence-electron chi connectivity index (χ4n) is 2.56. The maximum atomic E-state index is 11.8. The summed E-state index contributed by atoms with van der Waals surface area (Å²) in [6.45, 7) is -2.07. The highest BCUT2D eigenvalue weighted by Crippen LogP contribution is 2.74. The fourth-order valence-corrected chi connectivity index (χ4v) is 11.8. The van der Waals surface area contributed by atoms with E-state index in [9.17, 15) is 76.7 Å². The van der Waals surface area contributed by atoms with Crippen molar-refractivity contribution in [2.45, 2.75) is 16.3 Å². The Hall–Kier alpha value is 0.690. The van der Waals surface area contributed by atoms with Crippen LogP contribution in [0.3, 0.4) is 0 Å². The van der Waals surface area contributed by atoms with Crippen LogP contribution in [0.4, 0.5) is 0 Å². The zero-order valence-electron chi connectivity index (χ0n) is 14.4. The molecule has 186 valence electrons. The van der Waals surface area contributed by atoms with Gasteiger partial charge in [0.1, 0.15) is 5.54 Å². The molecule has 0 aromatic rings. The fraction of sp³-hybridized carbons (Fsp3) is 0.800. The normalized spacial score (nSPS) is 16.3. The van der Waals surface area contributed by atoms with E-state index in [1.165, 1.54) is 0 Å². The summed E-state index contributed by atoms with van der Waals surface area (Å²) in [7, 11) is -38.5. The van der Waals surface area contributed by atoms with Gasteiger partial charge in [-0.15, -0.1) is 0 Å². The van der Waals surface area contributed by atoms with E-state index in [0.29, 0.717) is 0 Å². The number of aliphatic imine (C=N–C) groups is 1. The Morgan fingerprint density at radius 2 is 0.968 bits per heavy atom. The summed E-state index contributed by atoms with van der Waals surface area (Å²) >= 11 is 0. The predicted molar refractivity (Wildman–Crippen MR) is 101 cm³/mol. The van der Waals surface area contributed by atoms with Crippen LogP contribution in [0.5, 0.6) is 0 Å². The molecule has 0 spiro atoms. The molecule has 26 heteroatoms. The summed E-state index contributed by atoms with van der Waals surface area (Å²) in [5, 5.41) is -10.7. The molecule has 31 heavy (non-hydrogen) atoms. The van der Waals surface area contributed by atoms with Gasteiger partial charge in [-0.3, -0.25) is 18.3 Å². The van der Waals surface area contributed by atoms with Crippen molar-refractivity contribution in [3.05, 3.63) is 0 Å². The van der Waals surface area contributed by atoms with Crippen molar-refractivity contribution in [1.29, 1.82) is 0 Å². The lowest BCUT2D eigenvalue weighted by Crippen LogP contribution is -2.55. The Bertz CT molecular complexity index is 845. The van der Waals surface area contributed by atoms with Crippen LogP contribution in [0.2, 0.25) is 0 Å². The third-order valence-corrected chi connectivity index (χ3v) is 14.1. The molecule has 0 aliphatic heterocycles. The van der Waals surface area contributed by atoms with Gasteiger partial charge in [0.05, 0.1) is 0 Å². The Balaban J connectivity index is 8.19. The highest BCUT2D eigenvalue weighted by Gasteiger charge is 2.71. The SMILES string of the molecule is NCC(N=C(P(=O)(O)O)[P+](O)(O)O)(C(P(=O)(O)O)P(=O)(O)O)C(P(=O)(O)O)P(=O)(O)O. The van der Waals surface area contributed by atoms with E-state index in [2.05, 4.69) is 4.99 Å². The summed E-state index contributed by atoms with van der Waals surface area (Å²) in [6.07, 6.45) is 0. The molecule has 0 aromatic carbocycles. The molecule has 0 heterocycles. The molecular formula is C5H19N2O18P6+. The van der Waals surface area contributed by atoms with Crippen molar-refractivity contribution in [2.75, 3.05) is 6.54 Å². The second-order valence-electron chi connectivity index (χ2n) is 5.82. The lowest BCUT2D eigenvalue weighted by molar-refractivity contribution is 0.276. The first-order valence-corrected chi connectivity index (χ1v) is 16.8. The highest BCUT2D eigenvalue weighted by atomic mass is 31.3. The van der Waals surface area contributed by atoms with Crippen LogP contribution in [0.15, 0.2) is 4.99 Å². The molecular weight excluding hydrogens is 562 g/mol. The Morgan fingerprint density at radius 3 is 1.10 bits per heavy atom. The molecule has 0 saturated heterocycles. The first-order chi connectivity index (χ1) is 13.1. The number of nitrogens with two attached hydrogens (primary N) is 1. The summed E-state index contributed by atoms with van der Waals surface area (Å²) in [5.74, 6) is 0. The zero-order valence-corrected chi connectivity index (χ0v) is 19.8. The van der Waals surface area contributed by atoms with Gasteiger partial charge >= 0.3 is 51.1 Å². The van der Waals surface area contributed by atoms with Crippen molar-refractivity contribution < 1.29 is 86.4 Å². The van der Waals surface area contributed by atoms with Crippen molar-refractivity contribution >= 4 is 51.1 Å². The third-order valence-electron chi connectivity index (χ3n) is 3.33. The first-order valence-electron chi connectivity index (χ1n) is 6.78. The Labute approximate surface area is 171 Å². The van der Waals surface area contributed by atoms with Gasteiger partial charge in [-0.05, 0) is 0 Å². The molecule has 15 N–H and O–H groups in total. The van der Waals surface area contributed by atoms with Gasteiger partial charge in [0, 0.05) is 6.54 Å². The minimum absolute atomic E-state index is 2.07. The van der Waals surface area contributed by atoms with E-state index in [1.807, 2.05) is 0 Å². The Morgan fingerprint density at radius 1 is 0.710 bits per heavy atom. The standard InChI is InChI=1S/C5H18N2O18P6/c6-1-5(2(26(8,9)10)27(11,12)13,3(28(14,15)16)29(17,18)19)7-4(30(20,21)22)31(23,24)25/h2-3,20-22H,1,6H2,(H9-,8,9,10,11,12,13,14,15,16,17,18,19,23,24,25)/p+1. The topological polar surface area (TPSA) is 387 Å². The van der Waals surface area contributed by atoms with Gasteiger partial charge in [-0.1, -0.05) is 0 Å². The van der Waals surface area contributed by atoms with E-state index in [4.69, 9.17) is 15.5 Å². The molecule has 0 aliphatic rings. The molecule has 0 saturated carbocycles. The van der Waals surface area contributed by atoms with Crippen LogP contribution in [-0.4, -0.2) is 91.7 Å². The van der Waals surface area contributed by atoms with Crippen LogP contribution in [-0.2, 0) is 22.8 Å². The summed E-state index contributed by atoms with van der Waals surface area (Å²) < 4.78 is 58.8. The maximum Gasteiger partial charge on any atom is 0.469 e. The van der Waals surface area contributed by atoms with Crippen molar-refractivity contribution in [2.24, 2.45) is 10.7 Å². The van der Waals surface area contributed by atoms with E-state index in [0.717, 1.165) is 0 Å². The number of rotatable bonds is 10. The van der Waals surface area contributed by atoms with E-state index < -0.39 is 74.0 Å². The molecule has 0 radical (unpaired) electrons. The molecule has 0 unspecified atom stereocenters. The maximum absolute atomic E-state index is 11.8. The molecule has 0 atom stereocenters. The molecule has 0 fully saturated rings. The number of hydrogen-bond acceptors (Lipinski definition) is 10. The van der Waals surface area contributed by atoms with Crippen LogP contribution in [0.1, 0.15) is 0 Å². The van der Waals surface area contributed by atoms with Gasteiger partial charge in [-0.25, -0.2) is 9.56 Å².